The molecular weight excluding hydrogens is 649 g/mol. The third-order valence-corrected chi connectivity index (χ3v) is 14.7. The summed E-state index contributed by atoms with van der Waals surface area (Å²) in [5.74, 6) is 9.95. The minimum Gasteiger partial charge on any atom is -0.456 e. The largest absolute Gasteiger partial charge is 0.456 e. The molecule has 2 heterocycles. The van der Waals surface area contributed by atoms with Crippen LogP contribution >= 0.6 is 70.6 Å². The van der Waals surface area contributed by atoms with E-state index in [1.54, 1.807) is 0 Å². The lowest BCUT2D eigenvalue weighted by Gasteiger charge is -2.22. The molecular formula is C30H42O6S6. The molecule has 1 aromatic rings. The number of hydrogen-bond acceptors (Lipinski definition) is 12. The Morgan fingerprint density at radius 2 is 1.19 bits per heavy atom. The summed E-state index contributed by atoms with van der Waals surface area (Å²) >= 11 is 11.7. The monoisotopic (exact) mass is 690 g/mol. The fraction of sp³-hybridized carbons (Fsp3) is 0.600. The van der Waals surface area contributed by atoms with E-state index in [-0.39, 0.29) is 12.2 Å². The van der Waals surface area contributed by atoms with E-state index in [0.29, 0.717) is 48.4 Å². The van der Waals surface area contributed by atoms with Crippen LogP contribution in [0.15, 0.2) is 49.6 Å². The second kappa shape index (κ2) is 22.2. The molecule has 2 aliphatic heterocycles. The molecule has 4 atom stereocenters. The van der Waals surface area contributed by atoms with Gasteiger partial charge in [-0.2, -0.15) is 70.6 Å². The highest BCUT2D eigenvalue weighted by Crippen LogP contribution is 2.28. The van der Waals surface area contributed by atoms with Crippen molar-refractivity contribution in [3.63, 3.8) is 0 Å². The molecule has 3 rings (SSSR count). The Kier molecular flexibility index (Phi) is 19.1. The van der Waals surface area contributed by atoms with Crippen LogP contribution in [0.25, 0.3) is 0 Å². The van der Waals surface area contributed by atoms with Crippen molar-refractivity contribution in [2.45, 2.75) is 35.9 Å². The zero-order valence-corrected chi connectivity index (χ0v) is 28.9. The molecule has 234 valence electrons. The first-order valence-corrected chi connectivity index (χ1v) is 20.7. The second-order valence-electron chi connectivity index (χ2n) is 9.58. The van der Waals surface area contributed by atoms with Crippen molar-refractivity contribution in [1.29, 1.82) is 0 Å². The maximum Gasteiger partial charge on any atom is 0.330 e. The Labute approximate surface area is 276 Å². The van der Waals surface area contributed by atoms with Gasteiger partial charge >= 0.3 is 11.9 Å². The van der Waals surface area contributed by atoms with Gasteiger partial charge < -0.3 is 18.9 Å². The van der Waals surface area contributed by atoms with Crippen LogP contribution in [0.5, 0.6) is 0 Å². The molecule has 0 aromatic heterocycles. The van der Waals surface area contributed by atoms with E-state index in [4.69, 9.17) is 18.9 Å². The molecule has 0 bridgehead atoms. The minimum atomic E-state index is -0.418. The molecule has 2 aliphatic rings. The van der Waals surface area contributed by atoms with Crippen molar-refractivity contribution in [2.24, 2.45) is 0 Å². The zero-order valence-electron chi connectivity index (χ0n) is 24.0. The van der Waals surface area contributed by atoms with E-state index >= 15 is 0 Å². The van der Waals surface area contributed by atoms with E-state index in [2.05, 4.69) is 13.2 Å². The fourth-order valence-electron chi connectivity index (χ4n) is 3.93. The minimum absolute atomic E-state index is 0.309. The van der Waals surface area contributed by atoms with Crippen molar-refractivity contribution < 1.29 is 28.5 Å². The molecule has 2 fully saturated rings. The first-order valence-electron chi connectivity index (χ1n) is 14.0. The van der Waals surface area contributed by atoms with Gasteiger partial charge in [-0.25, -0.2) is 9.59 Å². The zero-order chi connectivity index (χ0) is 29.8. The van der Waals surface area contributed by atoms with Crippen LogP contribution in [-0.2, 0) is 41.8 Å². The molecule has 1 aromatic carbocycles. The Bertz CT molecular complexity index is 862. The summed E-state index contributed by atoms with van der Waals surface area (Å²) < 4.78 is 22.9. The van der Waals surface area contributed by atoms with Crippen molar-refractivity contribution in [1.82, 2.24) is 0 Å². The molecule has 0 saturated carbocycles. The Morgan fingerprint density at radius 1 is 0.762 bits per heavy atom. The van der Waals surface area contributed by atoms with E-state index in [0.717, 1.165) is 22.6 Å². The van der Waals surface area contributed by atoms with E-state index in [9.17, 15) is 9.59 Å². The van der Waals surface area contributed by atoms with Crippen LogP contribution in [0, 0.1) is 0 Å². The number of carbonyl (C=O) groups is 2. The topological polar surface area (TPSA) is 71.1 Å². The molecule has 12 heteroatoms. The number of hydrogen-bond donors (Lipinski definition) is 0. The number of rotatable bonds is 20. The van der Waals surface area contributed by atoms with Crippen molar-refractivity contribution in [2.75, 3.05) is 70.7 Å². The van der Waals surface area contributed by atoms with Gasteiger partial charge in [-0.1, -0.05) is 37.4 Å². The summed E-state index contributed by atoms with van der Waals surface area (Å²) in [6, 6.07) is 8.06. The van der Waals surface area contributed by atoms with Crippen LogP contribution in [0.2, 0.25) is 0 Å². The highest BCUT2D eigenvalue weighted by Gasteiger charge is 2.19. The maximum atomic E-state index is 11.8. The van der Waals surface area contributed by atoms with E-state index < -0.39 is 11.9 Å². The maximum absolute atomic E-state index is 11.8. The van der Waals surface area contributed by atoms with Crippen molar-refractivity contribution >= 4 is 82.5 Å². The van der Waals surface area contributed by atoms with E-state index in [1.165, 1.54) is 46.7 Å². The van der Waals surface area contributed by atoms with Gasteiger partial charge in [0.05, 0.1) is 26.4 Å². The highest BCUT2D eigenvalue weighted by molar-refractivity contribution is 8.08. The predicted octanol–water partition coefficient (Wildman–Crippen LogP) is 6.08. The Morgan fingerprint density at radius 3 is 1.55 bits per heavy atom. The fourth-order valence-corrected chi connectivity index (χ4v) is 12.3. The third kappa shape index (κ3) is 15.6. The summed E-state index contributed by atoms with van der Waals surface area (Å²) in [4.78, 5) is 23.6. The normalized spacial score (nSPS) is 20.3. The molecule has 0 radical (unpaired) electrons. The van der Waals surface area contributed by atoms with Gasteiger partial charge in [0, 0.05) is 80.2 Å². The van der Waals surface area contributed by atoms with E-state index in [1.807, 2.05) is 94.8 Å². The lowest BCUT2D eigenvalue weighted by Crippen LogP contribution is -2.26. The quantitative estimate of drug-likeness (QED) is 0.118. The second-order valence-corrected chi connectivity index (χ2v) is 16.8. The van der Waals surface area contributed by atoms with Crippen molar-refractivity contribution in [3.05, 3.63) is 60.7 Å². The summed E-state index contributed by atoms with van der Waals surface area (Å²) in [5, 5.41) is 1.31. The van der Waals surface area contributed by atoms with Crippen molar-refractivity contribution in [3.8, 4) is 0 Å². The Balaban J connectivity index is 1.36. The number of carbonyl (C=O) groups excluding carboxylic acids is 2. The van der Waals surface area contributed by atoms with Gasteiger partial charge in [-0.15, -0.1) is 0 Å². The smallest absolute Gasteiger partial charge is 0.330 e. The molecule has 2 saturated heterocycles. The van der Waals surface area contributed by atoms with Crippen LogP contribution in [-0.4, -0.2) is 105 Å². The van der Waals surface area contributed by atoms with Gasteiger partial charge in [0.2, 0.25) is 0 Å². The molecule has 0 amide bonds. The van der Waals surface area contributed by atoms with Gasteiger partial charge in [0.15, 0.2) is 0 Å². The van der Waals surface area contributed by atoms with Gasteiger partial charge in [-0.3, -0.25) is 0 Å². The standard InChI is InChI=1S/C30H42O6S6/c1-3-29(31)35-25(17-39-21-27-19-37-9-11-41-27)15-33-13-23-5-7-24(8-6-23)14-34-16-26(36-30(32)4-2)18-40-22-28-20-38-10-12-42-28/h3-8,25-28H,1-2,9-22H2. The number of thioether (sulfide) groups is 6. The average Bonchev–Trinajstić information content (AvgIpc) is 3.02. The molecule has 4 unspecified atom stereocenters. The third-order valence-electron chi connectivity index (χ3n) is 6.05. The number of benzene rings is 1. The van der Waals surface area contributed by atoms with Crippen LogP contribution in [0.4, 0.5) is 0 Å². The van der Waals surface area contributed by atoms with Gasteiger partial charge in [0.25, 0.3) is 0 Å². The summed E-state index contributed by atoms with van der Waals surface area (Å²) in [7, 11) is 0. The molecule has 6 nitrogen and oxygen atoms in total. The SMILES string of the molecule is C=CC(=O)OC(COCc1ccc(COCC(CSCC2CSCCS2)OC(=O)C=C)cc1)CSCC1CSCCS1. The average molecular weight is 691 g/mol. The van der Waals surface area contributed by atoms with Crippen LogP contribution in [0.1, 0.15) is 11.1 Å². The van der Waals surface area contributed by atoms with Crippen LogP contribution < -0.4 is 0 Å². The predicted molar refractivity (Wildman–Crippen MR) is 188 cm³/mol. The lowest BCUT2D eigenvalue weighted by molar-refractivity contribution is -0.145. The lowest BCUT2D eigenvalue weighted by atomic mass is 10.1. The molecule has 0 aliphatic carbocycles. The Hall–Kier alpha value is -0.340. The molecule has 42 heavy (non-hydrogen) atoms. The summed E-state index contributed by atoms with van der Waals surface area (Å²) in [6.07, 6.45) is 1.78. The molecule has 0 N–H and O–H groups in total. The van der Waals surface area contributed by atoms with Crippen LogP contribution in [0.3, 0.4) is 0 Å². The number of esters is 2. The summed E-state index contributed by atoms with van der Waals surface area (Å²) in [5.41, 5.74) is 2.06. The van der Waals surface area contributed by atoms with Gasteiger partial charge in [-0.05, 0) is 11.1 Å². The van der Waals surface area contributed by atoms with Gasteiger partial charge in [0.1, 0.15) is 12.2 Å². The highest BCUT2D eigenvalue weighted by atomic mass is 32.2. The number of ether oxygens (including phenoxy) is 4. The first-order chi connectivity index (χ1) is 20.6. The summed E-state index contributed by atoms with van der Waals surface area (Å²) in [6.45, 7) is 8.56. The molecule has 0 spiro atoms. The first kappa shape index (κ1) is 36.1.